The molecule has 3 aromatic carbocycles. The number of carboxylic acids is 1. The van der Waals surface area contributed by atoms with Gasteiger partial charge in [-0.05, 0) is 30.2 Å². The normalized spacial score (nSPS) is 10.4. The van der Waals surface area contributed by atoms with Crippen molar-refractivity contribution in [3.63, 3.8) is 0 Å². The Kier molecular flexibility index (Phi) is 6.00. The molecule has 0 aromatic heterocycles. The molecule has 0 aliphatic carbocycles. The third-order valence-corrected chi connectivity index (χ3v) is 4.32. The maximum Gasteiger partial charge on any atom is 0.303 e. The van der Waals surface area contributed by atoms with Crippen LogP contribution in [0.15, 0.2) is 84.9 Å². The minimum absolute atomic E-state index is 0.0199. The molecule has 0 fully saturated rings. The topological polar surface area (TPSA) is 57.6 Å². The zero-order valence-electron chi connectivity index (χ0n) is 14.9. The van der Waals surface area contributed by atoms with Gasteiger partial charge < -0.3 is 10.0 Å². The van der Waals surface area contributed by atoms with Gasteiger partial charge in [-0.2, -0.15) is 0 Å². The molecule has 0 aliphatic rings. The molecule has 3 rings (SSSR count). The van der Waals surface area contributed by atoms with Crippen molar-refractivity contribution in [3.05, 3.63) is 90.5 Å². The van der Waals surface area contributed by atoms with Crippen LogP contribution in [-0.4, -0.2) is 23.5 Å². The number of carboxylic acid groups (broad SMARTS) is 1. The van der Waals surface area contributed by atoms with E-state index in [1.165, 1.54) is 0 Å². The Morgan fingerprint density at radius 3 is 2.04 bits per heavy atom. The second-order valence-electron chi connectivity index (χ2n) is 6.20. The summed E-state index contributed by atoms with van der Waals surface area (Å²) in [7, 11) is 0. The van der Waals surface area contributed by atoms with Crippen LogP contribution in [0.5, 0.6) is 0 Å². The largest absolute Gasteiger partial charge is 0.481 e. The number of nitrogens with zero attached hydrogens (tertiary/aromatic N) is 1. The van der Waals surface area contributed by atoms with Gasteiger partial charge in [-0.3, -0.25) is 9.59 Å². The van der Waals surface area contributed by atoms with Gasteiger partial charge in [-0.25, -0.2) is 0 Å². The second-order valence-corrected chi connectivity index (χ2v) is 6.20. The van der Waals surface area contributed by atoms with Gasteiger partial charge in [0.15, 0.2) is 0 Å². The first kappa shape index (κ1) is 18.4. The minimum Gasteiger partial charge on any atom is -0.481 e. The molecule has 0 heterocycles. The minimum atomic E-state index is -0.863. The molecule has 0 bridgehead atoms. The van der Waals surface area contributed by atoms with E-state index in [4.69, 9.17) is 5.11 Å². The summed E-state index contributed by atoms with van der Waals surface area (Å²) in [5, 5.41) is 8.98. The summed E-state index contributed by atoms with van der Waals surface area (Å²) < 4.78 is 0. The number of hydrogen-bond donors (Lipinski definition) is 1. The van der Waals surface area contributed by atoms with Crippen LogP contribution >= 0.6 is 0 Å². The smallest absolute Gasteiger partial charge is 0.303 e. The van der Waals surface area contributed by atoms with Crippen LogP contribution in [0.1, 0.15) is 23.2 Å². The molecular formula is C23H21NO3. The molecule has 136 valence electrons. The lowest BCUT2D eigenvalue weighted by Crippen LogP contribution is -2.32. The number of amides is 1. The quantitative estimate of drug-likeness (QED) is 0.655. The first-order chi connectivity index (χ1) is 13.2. The first-order valence-electron chi connectivity index (χ1n) is 8.90. The zero-order chi connectivity index (χ0) is 19.1. The predicted molar refractivity (Wildman–Crippen MR) is 107 cm³/mol. The van der Waals surface area contributed by atoms with Crippen molar-refractivity contribution < 1.29 is 14.7 Å². The summed E-state index contributed by atoms with van der Waals surface area (Å²) in [6, 6.07) is 26.7. The molecule has 0 atom stereocenters. The molecule has 4 nitrogen and oxygen atoms in total. The standard InChI is InChI=1S/C23H21NO3/c25-22(26)16-9-17-24(23(27)19-12-5-2-6-13-19)21-15-8-7-14-20(21)18-10-3-1-4-11-18/h1-8,10-15H,9,16-17H2,(H,25,26). The highest BCUT2D eigenvalue weighted by Crippen LogP contribution is 2.31. The van der Waals surface area contributed by atoms with Gasteiger partial charge in [0.2, 0.25) is 0 Å². The van der Waals surface area contributed by atoms with Crippen molar-refractivity contribution in [1.29, 1.82) is 0 Å². The van der Waals surface area contributed by atoms with E-state index >= 15 is 0 Å². The Labute approximate surface area is 158 Å². The van der Waals surface area contributed by atoms with Crippen molar-refractivity contribution in [1.82, 2.24) is 0 Å². The molecule has 27 heavy (non-hydrogen) atoms. The van der Waals surface area contributed by atoms with Crippen molar-refractivity contribution in [2.24, 2.45) is 0 Å². The summed E-state index contributed by atoms with van der Waals surface area (Å²) in [5.41, 5.74) is 3.31. The SMILES string of the molecule is O=C(O)CCCN(C(=O)c1ccccc1)c1ccccc1-c1ccccc1. The van der Waals surface area contributed by atoms with Gasteiger partial charge in [-0.15, -0.1) is 0 Å². The summed E-state index contributed by atoms with van der Waals surface area (Å²) in [6.07, 6.45) is 0.406. The van der Waals surface area contributed by atoms with E-state index < -0.39 is 5.97 Å². The Balaban J connectivity index is 2.00. The molecule has 3 aromatic rings. The van der Waals surface area contributed by atoms with Crippen LogP contribution in [0.25, 0.3) is 11.1 Å². The number of anilines is 1. The Hall–Kier alpha value is -3.40. The maximum absolute atomic E-state index is 13.2. The molecule has 0 spiro atoms. The van der Waals surface area contributed by atoms with E-state index in [-0.39, 0.29) is 12.3 Å². The lowest BCUT2D eigenvalue weighted by molar-refractivity contribution is -0.137. The van der Waals surface area contributed by atoms with E-state index in [1.807, 2.05) is 72.8 Å². The van der Waals surface area contributed by atoms with Gasteiger partial charge in [0, 0.05) is 24.1 Å². The third-order valence-electron chi connectivity index (χ3n) is 4.32. The van der Waals surface area contributed by atoms with Crippen LogP contribution in [-0.2, 0) is 4.79 Å². The number of carbonyl (C=O) groups is 2. The fourth-order valence-electron chi connectivity index (χ4n) is 3.03. The highest BCUT2D eigenvalue weighted by atomic mass is 16.4. The molecule has 1 amide bonds. The van der Waals surface area contributed by atoms with Gasteiger partial charge in [0.1, 0.15) is 0 Å². The van der Waals surface area contributed by atoms with Crippen molar-refractivity contribution in [2.75, 3.05) is 11.4 Å². The fraction of sp³-hybridized carbons (Fsp3) is 0.130. The molecular weight excluding hydrogens is 338 g/mol. The van der Waals surface area contributed by atoms with Crippen LogP contribution in [0, 0.1) is 0 Å². The average molecular weight is 359 g/mol. The number of para-hydroxylation sites is 1. The number of carbonyl (C=O) groups excluding carboxylic acids is 1. The highest BCUT2D eigenvalue weighted by Gasteiger charge is 2.20. The molecule has 0 saturated heterocycles. The average Bonchev–Trinajstić information content (AvgIpc) is 2.72. The van der Waals surface area contributed by atoms with E-state index in [0.717, 1.165) is 16.8 Å². The first-order valence-corrected chi connectivity index (χ1v) is 8.90. The molecule has 1 N–H and O–H groups in total. The van der Waals surface area contributed by atoms with Crippen LogP contribution in [0.3, 0.4) is 0 Å². The van der Waals surface area contributed by atoms with Crippen LogP contribution < -0.4 is 4.90 Å². The van der Waals surface area contributed by atoms with Crippen molar-refractivity contribution >= 4 is 17.6 Å². The van der Waals surface area contributed by atoms with E-state index in [0.29, 0.717) is 18.5 Å². The van der Waals surface area contributed by atoms with Gasteiger partial charge in [0.25, 0.3) is 5.91 Å². The Morgan fingerprint density at radius 1 is 0.778 bits per heavy atom. The van der Waals surface area contributed by atoms with E-state index in [2.05, 4.69) is 0 Å². The maximum atomic E-state index is 13.2. The van der Waals surface area contributed by atoms with E-state index in [9.17, 15) is 9.59 Å². The number of aliphatic carboxylic acids is 1. The summed E-state index contributed by atoms with van der Waals surface area (Å²) in [5.74, 6) is -0.997. The van der Waals surface area contributed by atoms with Crippen molar-refractivity contribution in [2.45, 2.75) is 12.8 Å². The van der Waals surface area contributed by atoms with Crippen LogP contribution in [0.2, 0.25) is 0 Å². The second kappa shape index (κ2) is 8.81. The number of hydrogen-bond acceptors (Lipinski definition) is 2. The van der Waals surface area contributed by atoms with Crippen molar-refractivity contribution in [3.8, 4) is 11.1 Å². The molecule has 0 saturated carbocycles. The number of benzene rings is 3. The van der Waals surface area contributed by atoms with Gasteiger partial charge in [-0.1, -0.05) is 66.7 Å². The van der Waals surface area contributed by atoms with Gasteiger partial charge >= 0.3 is 5.97 Å². The Morgan fingerprint density at radius 2 is 1.37 bits per heavy atom. The summed E-state index contributed by atoms with van der Waals surface area (Å²) in [6.45, 7) is 0.337. The van der Waals surface area contributed by atoms with Gasteiger partial charge in [0.05, 0.1) is 5.69 Å². The molecule has 4 heteroatoms. The van der Waals surface area contributed by atoms with E-state index in [1.54, 1.807) is 17.0 Å². The summed E-state index contributed by atoms with van der Waals surface area (Å²) in [4.78, 5) is 25.8. The monoisotopic (exact) mass is 359 g/mol. The Bertz CT molecular complexity index is 907. The molecule has 0 unspecified atom stereocenters. The third kappa shape index (κ3) is 4.61. The fourth-order valence-corrected chi connectivity index (χ4v) is 3.03. The lowest BCUT2D eigenvalue weighted by Gasteiger charge is -2.25. The van der Waals surface area contributed by atoms with Crippen LogP contribution in [0.4, 0.5) is 5.69 Å². The summed E-state index contributed by atoms with van der Waals surface area (Å²) >= 11 is 0. The number of rotatable bonds is 7. The zero-order valence-corrected chi connectivity index (χ0v) is 14.9. The lowest BCUT2D eigenvalue weighted by atomic mass is 10.0. The highest BCUT2D eigenvalue weighted by molar-refractivity contribution is 6.08. The molecule has 0 aliphatic heterocycles. The molecule has 0 radical (unpaired) electrons. The predicted octanol–water partition coefficient (Wildman–Crippen LogP) is 4.87.